The monoisotopic (exact) mass is 428 g/mol. The summed E-state index contributed by atoms with van der Waals surface area (Å²) in [4.78, 5) is 25.2. The van der Waals surface area contributed by atoms with E-state index >= 15 is 0 Å². The molecule has 0 saturated carbocycles. The number of hydrogen-bond acceptors (Lipinski definition) is 2. The van der Waals surface area contributed by atoms with Crippen LogP contribution in [0.1, 0.15) is 49.0 Å². The van der Waals surface area contributed by atoms with Crippen LogP contribution in [0.15, 0.2) is 60.7 Å². The van der Waals surface area contributed by atoms with Crippen LogP contribution >= 0.6 is 0 Å². The lowest BCUT2D eigenvalue weighted by Crippen LogP contribution is -2.21. The molecule has 1 atom stereocenters. The van der Waals surface area contributed by atoms with Crippen LogP contribution in [0.25, 0.3) is 0 Å². The summed E-state index contributed by atoms with van der Waals surface area (Å²) in [5.74, 6) is -2.47. The van der Waals surface area contributed by atoms with Gasteiger partial charge >= 0.3 is 6.18 Å². The Morgan fingerprint density at radius 1 is 1.03 bits per heavy atom. The first kappa shape index (κ1) is 20.6. The van der Waals surface area contributed by atoms with Gasteiger partial charge in [-0.3, -0.25) is 9.59 Å². The second-order valence-electron chi connectivity index (χ2n) is 7.18. The molecule has 0 bridgehead atoms. The van der Waals surface area contributed by atoms with Crippen molar-refractivity contribution in [2.24, 2.45) is 0 Å². The van der Waals surface area contributed by atoms with Gasteiger partial charge in [0, 0.05) is 16.8 Å². The van der Waals surface area contributed by atoms with Crippen molar-refractivity contribution >= 4 is 17.5 Å². The van der Waals surface area contributed by atoms with Crippen LogP contribution in [0.4, 0.5) is 23.2 Å². The van der Waals surface area contributed by atoms with Gasteiger partial charge in [-0.1, -0.05) is 30.3 Å². The van der Waals surface area contributed by atoms with E-state index in [0.29, 0.717) is 29.3 Å². The van der Waals surface area contributed by atoms with E-state index < -0.39 is 35.1 Å². The molecule has 31 heavy (non-hydrogen) atoms. The maximum absolute atomic E-state index is 14.1. The van der Waals surface area contributed by atoms with Crippen LogP contribution in [0.3, 0.4) is 0 Å². The number of hydrogen-bond donors (Lipinski definition) is 2. The van der Waals surface area contributed by atoms with Crippen molar-refractivity contribution in [2.45, 2.75) is 19.1 Å². The molecule has 0 fully saturated rings. The van der Waals surface area contributed by atoms with E-state index in [1.807, 2.05) is 31.2 Å². The maximum Gasteiger partial charge on any atom is 0.416 e. The number of carbonyl (C=O) groups excluding carboxylic acids is 2. The van der Waals surface area contributed by atoms with Gasteiger partial charge in [-0.15, -0.1) is 0 Å². The van der Waals surface area contributed by atoms with Crippen molar-refractivity contribution in [3.05, 3.63) is 99.9 Å². The molecule has 3 aromatic carbocycles. The minimum absolute atomic E-state index is 0.214. The number of rotatable bonds is 3. The number of fused-ring (bicyclic) bond motifs is 1. The Labute approximate surface area is 174 Å². The minimum Gasteiger partial charge on any atom is -0.341 e. The van der Waals surface area contributed by atoms with E-state index in [9.17, 15) is 27.2 Å². The van der Waals surface area contributed by atoms with Crippen LogP contribution < -0.4 is 10.6 Å². The summed E-state index contributed by atoms with van der Waals surface area (Å²) in [5, 5.41) is 5.34. The molecule has 158 valence electrons. The van der Waals surface area contributed by atoms with Gasteiger partial charge < -0.3 is 10.6 Å². The maximum atomic E-state index is 14.1. The number of alkyl halides is 3. The molecule has 0 aromatic heterocycles. The predicted molar refractivity (Wildman–Crippen MR) is 106 cm³/mol. The number of nitrogens with one attached hydrogen (secondary N) is 2. The Bertz CT molecular complexity index is 1200. The molecule has 1 unspecified atom stereocenters. The molecule has 3 aromatic rings. The zero-order chi connectivity index (χ0) is 22.3. The van der Waals surface area contributed by atoms with Crippen molar-refractivity contribution in [3.63, 3.8) is 0 Å². The lowest BCUT2D eigenvalue weighted by atomic mass is 9.93. The van der Waals surface area contributed by atoms with E-state index in [1.54, 1.807) is 6.07 Å². The molecule has 1 aliphatic rings. The molecule has 0 radical (unpaired) electrons. The van der Waals surface area contributed by atoms with Crippen molar-refractivity contribution in [3.8, 4) is 0 Å². The highest BCUT2D eigenvalue weighted by atomic mass is 19.4. The molecule has 8 heteroatoms. The highest BCUT2D eigenvalue weighted by Crippen LogP contribution is 2.38. The number of anilines is 1. The van der Waals surface area contributed by atoms with Gasteiger partial charge in [0.25, 0.3) is 11.8 Å². The van der Waals surface area contributed by atoms with Gasteiger partial charge in [0.05, 0.1) is 17.2 Å². The number of benzene rings is 3. The average Bonchev–Trinajstić information content (AvgIpc) is 3.05. The zero-order valence-electron chi connectivity index (χ0n) is 16.2. The van der Waals surface area contributed by atoms with Gasteiger partial charge in [0.2, 0.25) is 0 Å². The van der Waals surface area contributed by atoms with Crippen LogP contribution in [0.5, 0.6) is 0 Å². The van der Waals surface area contributed by atoms with E-state index in [2.05, 4.69) is 10.6 Å². The molecule has 2 amide bonds. The summed E-state index contributed by atoms with van der Waals surface area (Å²) < 4.78 is 53.1. The summed E-state index contributed by atoms with van der Waals surface area (Å²) in [6.45, 7) is 1.87. The Hall–Kier alpha value is -3.68. The fourth-order valence-corrected chi connectivity index (χ4v) is 3.67. The first-order valence-electron chi connectivity index (χ1n) is 9.34. The standard InChI is InChI=1S/C23H16F4N2O2/c1-12-5-2-3-6-14(12)20-19-15(21(30)29-20)7-4-8-18(19)28-22(31)16-11-13(23(25,26)27)9-10-17(16)24/h2-11,20H,1H3,(H,28,31)(H,29,30). The number of halogens is 4. The molecule has 0 spiro atoms. The fourth-order valence-electron chi connectivity index (χ4n) is 3.67. The fraction of sp³-hybridized carbons (Fsp3) is 0.130. The SMILES string of the molecule is Cc1ccccc1C1NC(=O)c2cccc(NC(=O)c3cc(C(F)(F)F)ccc3F)c21. The minimum atomic E-state index is -4.72. The molecule has 2 N–H and O–H groups in total. The van der Waals surface area contributed by atoms with Gasteiger partial charge in [0.15, 0.2) is 0 Å². The quantitative estimate of drug-likeness (QED) is 0.561. The third kappa shape index (κ3) is 3.76. The lowest BCUT2D eigenvalue weighted by molar-refractivity contribution is -0.137. The van der Waals surface area contributed by atoms with E-state index in [-0.39, 0.29) is 11.6 Å². The van der Waals surface area contributed by atoms with Crippen LogP contribution in [-0.2, 0) is 6.18 Å². The first-order valence-corrected chi connectivity index (χ1v) is 9.34. The Balaban J connectivity index is 1.75. The van der Waals surface area contributed by atoms with Crippen LogP contribution in [0.2, 0.25) is 0 Å². The highest BCUT2D eigenvalue weighted by Gasteiger charge is 2.34. The van der Waals surface area contributed by atoms with Crippen molar-refractivity contribution in [1.29, 1.82) is 0 Å². The smallest absolute Gasteiger partial charge is 0.341 e. The summed E-state index contributed by atoms with van der Waals surface area (Å²) in [5.41, 5.74) is 0.861. The number of aryl methyl sites for hydroxylation is 1. The molecule has 0 saturated heterocycles. The molecule has 4 rings (SSSR count). The Kier molecular flexibility index (Phi) is 5.00. The van der Waals surface area contributed by atoms with Gasteiger partial charge in [0.1, 0.15) is 5.82 Å². The molecule has 1 heterocycles. The Morgan fingerprint density at radius 2 is 1.77 bits per heavy atom. The number of amides is 2. The highest BCUT2D eigenvalue weighted by molar-refractivity contribution is 6.08. The summed E-state index contributed by atoms with van der Waals surface area (Å²) in [6.07, 6.45) is -4.72. The summed E-state index contributed by atoms with van der Waals surface area (Å²) >= 11 is 0. The average molecular weight is 428 g/mol. The van der Waals surface area contributed by atoms with Crippen molar-refractivity contribution in [1.82, 2.24) is 5.32 Å². The second-order valence-corrected chi connectivity index (χ2v) is 7.18. The van der Waals surface area contributed by atoms with Crippen molar-refractivity contribution < 1.29 is 27.2 Å². The summed E-state index contributed by atoms with van der Waals surface area (Å²) in [6, 6.07) is 13.1. The van der Waals surface area contributed by atoms with Gasteiger partial charge in [-0.2, -0.15) is 13.2 Å². The normalized spacial score (nSPS) is 15.4. The topological polar surface area (TPSA) is 58.2 Å². The molecular formula is C23H16F4N2O2. The summed E-state index contributed by atoms with van der Waals surface area (Å²) in [7, 11) is 0. The Morgan fingerprint density at radius 3 is 2.48 bits per heavy atom. The molecule has 1 aliphatic heterocycles. The van der Waals surface area contributed by atoms with E-state index in [1.165, 1.54) is 12.1 Å². The van der Waals surface area contributed by atoms with Crippen molar-refractivity contribution in [2.75, 3.05) is 5.32 Å². The second kappa shape index (κ2) is 7.54. The van der Waals surface area contributed by atoms with Gasteiger partial charge in [-0.25, -0.2) is 4.39 Å². The zero-order valence-corrected chi connectivity index (χ0v) is 16.2. The molecule has 4 nitrogen and oxygen atoms in total. The van der Waals surface area contributed by atoms with Crippen LogP contribution in [0, 0.1) is 12.7 Å². The van der Waals surface area contributed by atoms with Crippen LogP contribution in [-0.4, -0.2) is 11.8 Å². The lowest BCUT2D eigenvalue weighted by Gasteiger charge is -2.18. The third-order valence-corrected chi connectivity index (χ3v) is 5.20. The molecule has 0 aliphatic carbocycles. The van der Waals surface area contributed by atoms with E-state index in [0.717, 1.165) is 11.1 Å². The largest absolute Gasteiger partial charge is 0.416 e. The predicted octanol–water partition coefficient (Wildman–Crippen LogP) is 5.24. The number of carbonyl (C=O) groups is 2. The molecular weight excluding hydrogens is 412 g/mol. The van der Waals surface area contributed by atoms with E-state index in [4.69, 9.17) is 0 Å². The first-order chi connectivity index (χ1) is 14.7. The third-order valence-electron chi connectivity index (χ3n) is 5.20. The van der Waals surface area contributed by atoms with Gasteiger partial charge in [-0.05, 0) is 48.4 Å².